The average molecular weight is 412 g/mol. The van der Waals surface area contributed by atoms with Crippen LogP contribution in [0, 0.1) is 0 Å². The number of carbonyl (C=O) groups excluding carboxylic acids is 2. The van der Waals surface area contributed by atoms with Gasteiger partial charge in [-0.25, -0.2) is 0 Å². The van der Waals surface area contributed by atoms with Crippen LogP contribution in [-0.2, 0) is 16.1 Å². The summed E-state index contributed by atoms with van der Waals surface area (Å²) < 4.78 is 5.94. The minimum absolute atomic E-state index is 0.230. The first kappa shape index (κ1) is 20.3. The van der Waals surface area contributed by atoms with Crippen molar-refractivity contribution in [3.63, 3.8) is 0 Å². The van der Waals surface area contributed by atoms with Crippen molar-refractivity contribution in [1.82, 2.24) is 5.32 Å². The van der Waals surface area contributed by atoms with Crippen molar-refractivity contribution in [2.24, 2.45) is 0 Å². The van der Waals surface area contributed by atoms with Crippen LogP contribution in [0.4, 0.5) is 0 Å². The van der Waals surface area contributed by atoms with Crippen molar-refractivity contribution >= 4 is 41.3 Å². The Labute approximate surface area is 173 Å². The first-order valence-corrected chi connectivity index (χ1v) is 10.8. The van der Waals surface area contributed by atoms with E-state index in [-0.39, 0.29) is 17.3 Å². The summed E-state index contributed by atoms with van der Waals surface area (Å²) in [5.74, 6) is 1.96. The van der Waals surface area contributed by atoms with Gasteiger partial charge >= 0.3 is 0 Å². The Morgan fingerprint density at radius 2 is 1.71 bits per heavy atom. The molecule has 0 unspecified atom stereocenters. The van der Waals surface area contributed by atoms with E-state index >= 15 is 0 Å². The molecule has 1 N–H and O–H groups in total. The molecule has 0 spiro atoms. The molecule has 3 rings (SSSR count). The van der Waals surface area contributed by atoms with E-state index in [2.05, 4.69) is 5.32 Å². The van der Waals surface area contributed by atoms with Crippen molar-refractivity contribution in [1.29, 1.82) is 0 Å². The highest BCUT2D eigenvalue weighted by Gasteiger charge is 2.24. The van der Waals surface area contributed by atoms with Gasteiger partial charge < -0.3 is 10.1 Å². The Hall–Kier alpha value is -2.44. The lowest BCUT2D eigenvalue weighted by Crippen LogP contribution is -2.28. The lowest BCUT2D eigenvalue weighted by Gasteiger charge is -2.09. The molecule has 0 aromatic heterocycles. The average Bonchev–Trinajstić information content (AvgIpc) is 3.26. The summed E-state index contributed by atoms with van der Waals surface area (Å²) >= 11 is 3.13. The molecule has 0 bridgehead atoms. The topological polar surface area (TPSA) is 55.4 Å². The molecule has 6 heteroatoms. The molecule has 0 atom stereocenters. The second-order valence-corrected chi connectivity index (χ2v) is 8.47. The molecule has 1 heterocycles. The molecule has 0 saturated carbocycles. The van der Waals surface area contributed by atoms with Crippen LogP contribution < -0.4 is 10.1 Å². The van der Waals surface area contributed by atoms with Gasteiger partial charge in [0.2, 0.25) is 0 Å². The van der Waals surface area contributed by atoms with Gasteiger partial charge in [0.15, 0.2) is 5.78 Å². The van der Waals surface area contributed by atoms with Crippen LogP contribution in [0.25, 0.3) is 6.08 Å². The van der Waals surface area contributed by atoms with Gasteiger partial charge in [-0.05, 0) is 29.3 Å². The van der Waals surface area contributed by atoms with E-state index in [0.717, 1.165) is 32.6 Å². The zero-order valence-corrected chi connectivity index (χ0v) is 17.1. The van der Waals surface area contributed by atoms with Gasteiger partial charge in [0.25, 0.3) is 5.91 Å². The predicted octanol–water partition coefficient (Wildman–Crippen LogP) is 4.29. The zero-order valence-electron chi connectivity index (χ0n) is 15.5. The summed E-state index contributed by atoms with van der Waals surface area (Å²) in [4.78, 5) is 25.6. The smallest absolute Gasteiger partial charge is 0.257 e. The van der Waals surface area contributed by atoms with E-state index in [0.29, 0.717) is 6.54 Å². The molecule has 4 nitrogen and oxygen atoms in total. The third-order valence-electron chi connectivity index (χ3n) is 4.07. The Morgan fingerprint density at radius 1 is 1.04 bits per heavy atom. The van der Waals surface area contributed by atoms with Crippen molar-refractivity contribution in [2.45, 2.75) is 6.54 Å². The van der Waals surface area contributed by atoms with Crippen molar-refractivity contribution < 1.29 is 14.3 Å². The van der Waals surface area contributed by atoms with Crippen LogP contribution >= 0.6 is 23.5 Å². The molecule has 0 radical (unpaired) electrons. The SMILES string of the molecule is COc1ccc(C=CC(=O)C(C(=O)NCc2ccccc2)=C2SCCS2)cc1. The summed E-state index contributed by atoms with van der Waals surface area (Å²) in [7, 11) is 1.61. The normalized spacial score (nSPS) is 13.5. The van der Waals surface area contributed by atoms with Gasteiger partial charge in [-0.15, -0.1) is 23.5 Å². The fourth-order valence-electron chi connectivity index (χ4n) is 2.60. The fraction of sp³-hybridized carbons (Fsp3) is 0.182. The summed E-state index contributed by atoms with van der Waals surface area (Å²) in [5, 5.41) is 2.88. The fourth-order valence-corrected chi connectivity index (χ4v) is 5.14. The van der Waals surface area contributed by atoms with Crippen LogP contribution in [-0.4, -0.2) is 30.3 Å². The lowest BCUT2D eigenvalue weighted by molar-refractivity contribution is -0.121. The number of nitrogens with one attached hydrogen (secondary N) is 1. The highest BCUT2D eigenvalue weighted by molar-refractivity contribution is 8.25. The Morgan fingerprint density at radius 3 is 2.36 bits per heavy atom. The first-order chi connectivity index (χ1) is 13.7. The quantitative estimate of drug-likeness (QED) is 0.419. The number of hydrogen-bond acceptors (Lipinski definition) is 5. The molecule has 144 valence electrons. The standard InChI is InChI=1S/C22H21NO3S2/c1-26-18-10-7-16(8-11-18)9-12-19(24)20(22-27-13-14-28-22)21(25)23-15-17-5-3-2-4-6-17/h2-12H,13-15H2,1H3,(H,23,25). The number of benzene rings is 2. The Kier molecular flexibility index (Phi) is 7.39. The summed E-state index contributed by atoms with van der Waals surface area (Å²) in [6.07, 6.45) is 3.18. The van der Waals surface area contributed by atoms with Gasteiger partial charge in [0.1, 0.15) is 11.3 Å². The summed E-state index contributed by atoms with van der Waals surface area (Å²) in [6.45, 7) is 0.390. The van der Waals surface area contributed by atoms with Crippen LogP contribution in [0.3, 0.4) is 0 Å². The predicted molar refractivity (Wildman–Crippen MR) is 117 cm³/mol. The van der Waals surface area contributed by atoms with Gasteiger partial charge in [0.05, 0.1) is 11.3 Å². The molecule has 2 aromatic rings. The minimum atomic E-state index is -0.329. The number of hydrogen-bond donors (Lipinski definition) is 1. The molecular formula is C22H21NO3S2. The molecule has 1 fully saturated rings. The van der Waals surface area contributed by atoms with Gasteiger partial charge in [-0.1, -0.05) is 48.5 Å². The number of carbonyl (C=O) groups is 2. The number of ether oxygens (including phenoxy) is 1. The molecule has 1 aliphatic heterocycles. The van der Waals surface area contributed by atoms with Crippen LogP contribution in [0.1, 0.15) is 11.1 Å². The van der Waals surface area contributed by atoms with Crippen molar-refractivity contribution in [3.8, 4) is 5.75 Å². The van der Waals surface area contributed by atoms with Crippen LogP contribution in [0.15, 0.2) is 70.5 Å². The number of amides is 1. The molecular weight excluding hydrogens is 390 g/mol. The lowest BCUT2D eigenvalue weighted by atomic mass is 10.1. The van der Waals surface area contributed by atoms with Gasteiger partial charge in [-0.2, -0.15) is 0 Å². The summed E-state index contributed by atoms with van der Waals surface area (Å²) in [6, 6.07) is 17.1. The third kappa shape index (κ3) is 5.53. The minimum Gasteiger partial charge on any atom is -0.497 e. The van der Waals surface area contributed by atoms with E-state index in [1.807, 2.05) is 54.6 Å². The second-order valence-electron chi connectivity index (χ2n) is 6.00. The molecule has 1 saturated heterocycles. The first-order valence-electron chi connectivity index (χ1n) is 8.86. The van der Waals surface area contributed by atoms with Crippen molar-refractivity contribution in [3.05, 3.63) is 81.6 Å². The van der Waals surface area contributed by atoms with E-state index in [1.165, 1.54) is 6.08 Å². The van der Waals surface area contributed by atoms with Crippen molar-refractivity contribution in [2.75, 3.05) is 18.6 Å². The molecule has 28 heavy (non-hydrogen) atoms. The molecule has 1 amide bonds. The van der Waals surface area contributed by atoms with E-state index in [4.69, 9.17) is 4.74 Å². The highest BCUT2D eigenvalue weighted by atomic mass is 32.2. The molecule has 0 aliphatic carbocycles. The number of thioether (sulfide) groups is 2. The highest BCUT2D eigenvalue weighted by Crippen LogP contribution is 2.39. The number of rotatable bonds is 7. The maximum absolute atomic E-state index is 12.8. The molecule has 2 aromatic carbocycles. The monoisotopic (exact) mass is 411 g/mol. The number of ketones is 1. The summed E-state index contributed by atoms with van der Waals surface area (Å²) in [5.41, 5.74) is 2.09. The Bertz CT molecular complexity index is 882. The van der Waals surface area contributed by atoms with Gasteiger partial charge in [-0.3, -0.25) is 9.59 Å². The Balaban J connectivity index is 1.73. The number of allylic oxidation sites excluding steroid dienone is 1. The second kappa shape index (κ2) is 10.2. The van der Waals surface area contributed by atoms with E-state index in [1.54, 1.807) is 36.7 Å². The van der Waals surface area contributed by atoms with Crippen LogP contribution in [0.5, 0.6) is 5.75 Å². The van der Waals surface area contributed by atoms with Crippen LogP contribution in [0.2, 0.25) is 0 Å². The van der Waals surface area contributed by atoms with E-state index in [9.17, 15) is 9.59 Å². The zero-order chi connectivity index (χ0) is 19.8. The molecule has 1 aliphatic rings. The largest absolute Gasteiger partial charge is 0.497 e. The third-order valence-corrected chi connectivity index (χ3v) is 6.78. The maximum atomic E-state index is 12.8. The van der Waals surface area contributed by atoms with E-state index < -0.39 is 0 Å². The van der Waals surface area contributed by atoms with Gasteiger partial charge in [0, 0.05) is 18.1 Å². The number of methoxy groups -OCH3 is 1. The maximum Gasteiger partial charge on any atom is 0.257 e.